The van der Waals surface area contributed by atoms with Crippen LogP contribution in [0.3, 0.4) is 0 Å². The number of rotatable bonds is 98. The van der Waals surface area contributed by atoms with E-state index in [0.29, 0.717) is 24.7 Å². The van der Waals surface area contributed by atoms with Crippen LogP contribution >= 0.6 is 0 Å². The highest BCUT2D eigenvalue weighted by molar-refractivity contribution is 5.72. The molecule has 12 heteroatoms. The third-order valence-electron chi connectivity index (χ3n) is 24.2. The van der Waals surface area contributed by atoms with E-state index in [0.717, 1.165) is 244 Å². The largest absolute Gasteiger partial charge is 0.462 e. The molecule has 0 fully saturated rings. The number of carbonyl (C=O) groups excluding carboxylic acids is 6. The minimum atomic E-state index is -0.849. The predicted octanol–water partition coefficient (Wildman–Crippen LogP) is 35.0. The van der Waals surface area contributed by atoms with E-state index in [1.807, 2.05) is 0 Å². The normalized spacial score (nSPS) is 13.1. The first kappa shape index (κ1) is 120. The molecule has 0 heterocycles. The molecule has 0 aromatic rings. The van der Waals surface area contributed by atoms with E-state index < -0.39 is 12.2 Å². The summed E-state index contributed by atoms with van der Waals surface area (Å²) in [7, 11) is 0. The van der Waals surface area contributed by atoms with E-state index in [1.165, 1.54) is 205 Å². The van der Waals surface area contributed by atoms with Crippen molar-refractivity contribution in [1.82, 2.24) is 0 Å². The highest BCUT2D eigenvalue weighted by Gasteiger charge is 2.23. The highest BCUT2D eigenvalue weighted by atomic mass is 16.6. The van der Waals surface area contributed by atoms with Gasteiger partial charge < -0.3 is 28.4 Å². The van der Waals surface area contributed by atoms with Gasteiger partial charge in [0.05, 0.1) is 0 Å². The molecular formula is C114H200O12. The van der Waals surface area contributed by atoms with Gasteiger partial charge in [0.25, 0.3) is 0 Å². The number of hydrogen-bond acceptors (Lipinski definition) is 12. The van der Waals surface area contributed by atoms with Gasteiger partial charge in [-0.25, -0.2) is 0 Å². The van der Waals surface area contributed by atoms with Crippen LogP contribution in [0.15, 0.2) is 109 Å². The Kier molecular flexibility index (Phi) is 97.2. The average Bonchev–Trinajstić information content (AvgIpc) is 0.922. The molecule has 0 rings (SSSR count). The first-order valence-electron chi connectivity index (χ1n) is 53.9. The Bertz CT molecular complexity index is 2680. The van der Waals surface area contributed by atoms with Gasteiger partial charge in [0, 0.05) is 38.5 Å². The van der Waals surface area contributed by atoms with Gasteiger partial charge in [0.15, 0.2) is 12.2 Å². The lowest BCUT2D eigenvalue weighted by atomic mass is 9.80. The van der Waals surface area contributed by atoms with Crippen LogP contribution in [0.25, 0.3) is 0 Å². The standard InChI is InChI=1S/C114H200O12/c1-7-13-19-25-31-35-39-43-47-51-55-59-65-75-85-95-109(115)121-101-107(125-113(119)99-89-77-67-61-57-53-49-45-41-37-33-27-21-15-9-3)103-123-111(117)97-87-79-69-73-83-93-105(91-81-71-63-29-23-17-11-5)106(92-82-72-64-30-24-18-12-6)94-84-74-70-80-88-98-112(118)124-104-108(126-114(120)100-90-78-68-62-58-54-50-46-42-38-34-28-22-16-10-4)102-122-110(116)96-86-76-66-60-56-52-48-44-40-36-32-26-20-14-8-2/h31,33-35,37-38,43-50,64,72,82,92,105-108H,7-30,32,36,39-42,51-63,65-71,73-81,83-91,93-104H2,1-6H3. The first-order chi connectivity index (χ1) is 62.0. The molecule has 0 bridgehead atoms. The van der Waals surface area contributed by atoms with Crippen LogP contribution in [0.4, 0.5) is 0 Å². The minimum absolute atomic E-state index is 0.124. The van der Waals surface area contributed by atoms with E-state index in [9.17, 15) is 28.8 Å². The van der Waals surface area contributed by atoms with Crippen molar-refractivity contribution in [3.8, 4) is 0 Å². The van der Waals surface area contributed by atoms with Crippen LogP contribution in [0.1, 0.15) is 530 Å². The molecule has 0 spiro atoms. The van der Waals surface area contributed by atoms with Gasteiger partial charge in [0.2, 0.25) is 0 Å². The molecule has 126 heavy (non-hydrogen) atoms. The Morgan fingerprint density at radius 2 is 0.397 bits per heavy atom. The third-order valence-corrected chi connectivity index (χ3v) is 24.2. The molecule has 0 aliphatic heterocycles. The maximum Gasteiger partial charge on any atom is 0.306 e. The summed E-state index contributed by atoms with van der Waals surface area (Å²) < 4.78 is 34.7. The summed E-state index contributed by atoms with van der Waals surface area (Å²) in [6, 6.07) is 0. The van der Waals surface area contributed by atoms with Crippen molar-refractivity contribution >= 4 is 35.8 Å². The van der Waals surface area contributed by atoms with E-state index >= 15 is 0 Å². The SMILES string of the molecule is CCCCCC=CC=CC(CCCCCCCC(=O)OCC(COC(=O)CCCCCCCC=CCCCCCCCC)OC(=O)CCCCCCCC=CCC=CCCCCC)C(CCCCCCCCC)CCCCCCCC(=O)OCC(COC(=O)CCCCCCCC=CCC=CCCCCC)OC(=O)CCCCCCCC=CCC=CCCCCC. The van der Waals surface area contributed by atoms with E-state index in [4.69, 9.17) is 28.4 Å². The summed E-state index contributed by atoms with van der Waals surface area (Å²) in [5.41, 5.74) is 0. The summed E-state index contributed by atoms with van der Waals surface area (Å²) >= 11 is 0. The van der Waals surface area contributed by atoms with Gasteiger partial charge in [-0.2, -0.15) is 0 Å². The van der Waals surface area contributed by atoms with Crippen LogP contribution in [-0.2, 0) is 57.2 Å². The van der Waals surface area contributed by atoms with Crippen LogP contribution < -0.4 is 0 Å². The quantitative estimate of drug-likeness (QED) is 0.0187. The fraction of sp³-hybridized carbons (Fsp3) is 0.789. The van der Waals surface area contributed by atoms with Crippen LogP contribution in [0, 0.1) is 11.8 Å². The molecule has 0 aromatic carbocycles. The smallest absolute Gasteiger partial charge is 0.306 e. The lowest BCUT2D eigenvalue weighted by molar-refractivity contribution is -0.167. The predicted molar refractivity (Wildman–Crippen MR) is 538 cm³/mol. The van der Waals surface area contributed by atoms with Crippen molar-refractivity contribution in [2.45, 2.75) is 542 Å². The zero-order valence-electron chi connectivity index (χ0n) is 83.2. The fourth-order valence-electron chi connectivity index (χ4n) is 16.0. The average molecular weight is 1760 g/mol. The zero-order valence-corrected chi connectivity index (χ0v) is 83.2. The number of carbonyl (C=O) groups is 6. The number of allylic oxidation sites excluding steroid dienone is 18. The van der Waals surface area contributed by atoms with E-state index in [2.05, 4.69) is 151 Å². The van der Waals surface area contributed by atoms with Crippen LogP contribution in [-0.4, -0.2) is 74.5 Å². The van der Waals surface area contributed by atoms with Crippen molar-refractivity contribution in [2.24, 2.45) is 11.8 Å². The van der Waals surface area contributed by atoms with Crippen molar-refractivity contribution in [3.63, 3.8) is 0 Å². The molecule has 4 atom stereocenters. The monoisotopic (exact) mass is 1760 g/mol. The molecule has 0 N–H and O–H groups in total. The lowest BCUT2D eigenvalue weighted by Crippen LogP contribution is -2.30. The highest BCUT2D eigenvalue weighted by Crippen LogP contribution is 2.32. The molecule has 0 radical (unpaired) electrons. The summed E-state index contributed by atoms with van der Waals surface area (Å²) in [6.07, 6.45) is 120. The van der Waals surface area contributed by atoms with Crippen molar-refractivity contribution in [3.05, 3.63) is 109 Å². The summed E-state index contributed by atoms with van der Waals surface area (Å²) in [5, 5.41) is 0. The van der Waals surface area contributed by atoms with Gasteiger partial charge in [-0.05, 0) is 204 Å². The number of ether oxygens (including phenoxy) is 6. The maximum absolute atomic E-state index is 13.3. The summed E-state index contributed by atoms with van der Waals surface area (Å²) in [4.78, 5) is 79.1. The van der Waals surface area contributed by atoms with Crippen molar-refractivity contribution in [1.29, 1.82) is 0 Å². The molecule has 0 aliphatic rings. The summed E-state index contributed by atoms with van der Waals surface area (Å²) in [5.74, 6) is -0.883. The lowest BCUT2D eigenvalue weighted by Gasteiger charge is -2.25. The number of unbranched alkanes of at least 4 members (excludes halogenated alkanes) is 52. The molecule has 0 saturated carbocycles. The fourth-order valence-corrected chi connectivity index (χ4v) is 16.0. The Morgan fingerprint density at radius 3 is 0.667 bits per heavy atom. The molecule has 0 amide bonds. The van der Waals surface area contributed by atoms with E-state index in [-0.39, 0.29) is 87.9 Å². The Balaban J connectivity index is 5.69. The number of esters is 6. The molecular weight excluding hydrogens is 1560 g/mol. The first-order valence-corrected chi connectivity index (χ1v) is 53.9. The molecule has 0 aromatic heterocycles. The molecule has 12 nitrogen and oxygen atoms in total. The molecule has 0 aliphatic carbocycles. The van der Waals surface area contributed by atoms with E-state index in [1.54, 1.807) is 0 Å². The van der Waals surface area contributed by atoms with Gasteiger partial charge in [-0.3, -0.25) is 28.8 Å². The molecule has 4 unspecified atom stereocenters. The summed E-state index contributed by atoms with van der Waals surface area (Å²) in [6.45, 7) is 13.0. The second-order valence-corrected chi connectivity index (χ2v) is 36.5. The third kappa shape index (κ3) is 93.2. The topological polar surface area (TPSA) is 158 Å². The Hall–Kier alpha value is -5.52. The Morgan fingerprint density at radius 1 is 0.198 bits per heavy atom. The van der Waals surface area contributed by atoms with Crippen molar-refractivity contribution < 1.29 is 57.2 Å². The van der Waals surface area contributed by atoms with Gasteiger partial charge in [-0.15, -0.1) is 0 Å². The van der Waals surface area contributed by atoms with Crippen LogP contribution in [0.5, 0.6) is 0 Å². The second kappa shape index (κ2) is 102. The second-order valence-electron chi connectivity index (χ2n) is 36.5. The van der Waals surface area contributed by atoms with Gasteiger partial charge in [0.1, 0.15) is 26.4 Å². The van der Waals surface area contributed by atoms with Crippen molar-refractivity contribution in [2.75, 3.05) is 26.4 Å². The van der Waals surface area contributed by atoms with Gasteiger partial charge in [-0.1, -0.05) is 408 Å². The zero-order chi connectivity index (χ0) is 91.3. The molecule has 0 saturated heterocycles. The Labute approximate surface area is 777 Å². The van der Waals surface area contributed by atoms with Crippen LogP contribution in [0.2, 0.25) is 0 Å². The number of hydrogen-bond donors (Lipinski definition) is 0. The molecule has 728 valence electrons. The minimum Gasteiger partial charge on any atom is -0.462 e. The van der Waals surface area contributed by atoms with Gasteiger partial charge >= 0.3 is 35.8 Å². The maximum atomic E-state index is 13.3.